The van der Waals surface area contributed by atoms with Crippen LogP contribution in [0.4, 0.5) is 18.6 Å². The summed E-state index contributed by atoms with van der Waals surface area (Å²) in [5.41, 5.74) is 1.50. The Kier molecular flexibility index (Phi) is 3.29. The average Bonchev–Trinajstić information content (AvgIpc) is 2.76. The Balaban J connectivity index is 2.08. The van der Waals surface area contributed by atoms with Gasteiger partial charge in [0.1, 0.15) is 5.00 Å². The number of rotatable bonds is 2. The van der Waals surface area contributed by atoms with Gasteiger partial charge < -0.3 is 4.74 Å². The van der Waals surface area contributed by atoms with Gasteiger partial charge in [-0.1, -0.05) is 6.07 Å². The summed E-state index contributed by atoms with van der Waals surface area (Å²) in [6.45, 7) is 0. The number of thiazole rings is 1. The van der Waals surface area contributed by atoms with Crippen LogP contribution in [0, 0.1) is 11.6 Å². The highest BCUT2D eigenvalue weighted by molar-refractivity contribution is 7.13. The van der Waals surface area contributed by atoms with Gasteiger partial charge in [0.15, 0.2) is 11.6 Å². The fraction of sp³-hybridized carbons (Fsp3) is 0. The second-order valence-corrected chi connectivity index (χ2v) is 3.82. The van der Waals surface area contributed by atoms with Gasteiger partial charge in [-0.05, 0) is 12.1 Å². The quantitative estimate of drug-likeness (QED) is 0.898. The zero-order valence-corrected chi connectivity index (χ0v) is 9.13. The Labute approximate surface area is 98.9 Å². The van der Waals surface area contributed by atoms with Crippen LogP contribution in [0.15, 0.2) is 29.9 Å². The molecule has 0 saturated heterocycles. The first kappa shape index (κ1) is 11.5. The van der Waals surface area contributed by atoms with E-state index in [2.05, 4.69) is 15.0 Å². The fourth-order valence-electron chi connectivity index (χ4n) is 1.08. The van der Waals surface area contributed by atoms with E-state index in [1.165, 1.54) is 17.8 Å². The molecule has 1 aromatic heterocycles. The molecule has 0 bridgehead atoms. The summed E-state index contributed by atoms with van der Waals surface area (Å²) in [6.07, 6.45) is 0.419. The number of aromatic nitrogens is 1. The van der Waals surface area contributed by atoms with E-state index in [-0.39, 0.29) is 0 Å². The molecular formula is C10H6F2N2O2S. The molecule has 1 N–H and O–H groups in total. The lowest BCUT2D eigenvalue weighted by Gasteiger charge is -2.06. The Morgan fingerprint density at radius 3 is 2.65 bits per heavy atom. The second-order valence-electron chi connectivity index (χ2n) is 2.93. The van der Waals surface area contributed by atoms with E-state index in [0.29, 0.717) is 5.00 Å². The molecule has 1 amide bonds. The van der Waals surface area contributed by atoms with Crippen LogP contribution in [0.3, 0.4) is 0 Å². The summed E-state index contributed by atoms with van der Waals surface area (Å²) in [6, 6.07) is 3.18. The van der Waals surface area contributed by atoms with E-state index in [1.807, 2.05) is 0 Å². The summed E-state index contributed by atoms with van der Waals surface area (Å²) >= 11 is 1.16. The van der Waals surface area contributed by atoms with E-state index < -0.39 is 23.5 Å². The van der Waals surface area contributed by atoms with Crippen LogP contribution < -0.4 is 10.1 Å². The molecule has 1 heterocycles. The van der Waals surface area contributed by atoms with Crippen molar-refractivity contribution in [3.05, 3.63) is 41.5 Å². The number of nitrogens with one attached hydrogen (secondary N) is 1. The number of anilines is 1. The highest BCUT2D eigenvalue weighted by Gasteiger charge is 2.14. The molecule has 4 nitrogen and oxygen atoms in total. The molecule has 2 aromatic rings. The standard InChI is InChI=1S/C10H6F2N2O2S/c11-6-2-1-3-7(12)9(6)16-10(15)14-8-4-13-5-17-8/h1-5H,(H,14,15). The topological polar surface area (TPSA) is 51.2 Å². The van der Waals surface area contributed by atoms with Gasteiger partial charge in [-0.2, -0.15) is 0 Å². The summed E-state index contributed by atoms with van der Waals surface area (Å²) in [5, 5.41) is 2.71. The molecule has 0 radical (unpaired) electrons. The highest BCUT2D eigenvalue weighted by atomic mass is 32.1. The molecule has 0 aliphatic carbocycles. The van der Waals surface area contributed by atoms with Crippen LogP contribution in [-0.2, 0) is 0 Å². The summed E-state index contributed by atoms with van der Waals surface area (Å²) in [7, 11) is 0. The van der Waals surface area contributed by atoms with Gasteiger partial charge in [-0.25, -0.2) is 13.6 Å². The third kappa shape index (κ3) is 2.76. The van der Waals surface area contributed by atoms with Crippen molar-refractivity contribution in [1.82, 2.24) is 4.98 Å². The zero-order chi connectivity index (χ0) is 12.3. The monoisotopic (exact) mass is 256 g/mol. The molecule has 0 spiro atoms. The molecule has 0 unspecified atom stereocenters. The lowest BCUT2D eigenvalue weighted by molar-refractivity contribution is 0.210. The van der Waals surface area contributed by atoms with Crippen LogP contribution in [0.1, 0.15) is 0 Å². The number of para-hydroxylation sites is 1. The molecule has 17 heavy (non-hydrogen) atoms. The molecule has 0 atom stereocenters. The molecule has 88 valence electrons. The summed E-state index contributed by atoms with van der Waals surface area (Å²) < 4.78 is 30.8. The maximum Gasteiger partial charge on any atom is 0.417 e. The van der Waals surface area contributed by atoms with Crippen LogP contribution in [0.2, 0.25) is 0 Å². The number of hydrogen-bond donors (Lipinski definition) is 1. The van der Waals surface area contributed by atoms with Crippen LogP contribution in [-0.4, -0.2) is 11.1 Å². The molecule has 0 fully saturated rings. The van der Waals surface area contributed by atoms with Crippen molar-refractivity contribution in [1.29, 1.82) is 0 Å². The van der Waals surface area contributed by atoms with E-state index in [0.717, 1.165) is 23.5 Å². The molecule has 0 saturated carbocycles. The smallest absolute Gasteiger partial charge is 0.404 e. The Hall–Kier alpha value is -2.02. The Bertz CT molecular complexity index is 511. The number of hydrogen-bond acceptors (Lipinski definition) is 4. The number of ether oxygens (including phenoxy) is 1. The number of benzene rings is 1. The van der Waals surface area contributed by atoms with E-state index in [9.17, 15) is 13.6 Å². The van der Waals surface area contributed by atoms with Gasteiger partial charge in [-0.3, -0.25) is 10.3 Å². The predicted molar refractivity (Wildman–Crippen MR) is 58.1 cm³/mol. The largest absolute Gasteiger partial charge is 0.417 e. The maximum absolute atomic E-state index is 13.1. The molecule has 7 heteroatoms. The van der Waals surface area contributed by atoms with Gasteiger partial charge >= 0.3 is 6.09 Å². The second kappa shape index (κ2) is 4.88. The third-order valence-electron chi connectivity index (χ3n) is 1.77. The minimum Gasteiger partial charge on any atom is -0.404 e. The molecule has 1 aromatic carbocycles. The number of carbonyl (C=O) groups excluding carboxylic acids is 1. The number of amides is 1. The average molecular weight is 256 g/mol. The van der Waals surface area contributed by atoms with Crippen LogP contribution in [0.25, 0.3) is 0 Å². The Morgan fingerprint density at radius 2 is 2.06 bits per heavy atom. The van der Waals surface area contributed by atoms with Crippen LogP contribution in [0.5, 0.6) is 5.75 Å². The van der Waals surface area contributed by atoms with Gasteiger partial charge in [0.05, 0.1) is 11.7 Å². The normalized spacial score (nSPS) is 10.0. The summed E-state index contributed by atoms with van der Waals surface area (Å²) in [4.78, 5) is 15.0. The zero-order valence-electron chi connectivity index (χ0n) is 8.31. The first-order valence-electron chi connectivity index (χ1n) is 4.48. The van der Waals surface area contributed by atoms with Crippen molar-refractivity contribution >= 4 is 22.4 Å². The fourth-order valence-corrected chi connectivity index (χ4v) is 1.58. The minimum absolute atomic E-state index is 0.423. The van der Waals surface area contributed by atoms with Crippen molar-refractivity contribution < 1.29 is 18.3 Å². The highest BCUT2D eigenvalue weighted by Crippen LogP contribution is 2.21. The van der Waals surface area contributed by atoms with Crippen molar-refractivity contribution in [2.24, 2.45) is 0 Å². The van der Waals surface area contributed by atoms with Crippen molar-refractivity contribution in [2.75, 3.05) is 5.32 Å². The van der Waals surface area contributed by atoms with E-state index >= 15 is 0 Å². The summed E-state index contributed by atoms with van der Waals surface area (Å²) in [5.74, 6) is -2.61. The van der Waals surface area contributed by atoms with Gasteiger partial charge in [-0.15, -0.1) is 11.3 Å². The molecule has 2 rings (SSSR count). The van der Waals surface area contributed by atoms with E-state index in [1.54, 1.807) is 0 Å². The lowest BCUT2D eigenvalue weighted by atomic mass is 10.3. The van der Waals surface area contributed by atoms with Crippen molar-refractivity contribution in [2.45, 2.75) is 0 Å². The van der Waals surface area contributed by atoms with Gasteiger partial charge in [0, 0.05) is 0 Å². The SMILES string of the molecule is O=C(Nc1cncs1)Oc1c(F)cccc1F. The van der Waals surface area contributed by atoms with Crippen molar-refractivity contribution in [3.8, 4) is 5.75 Å². The van der Waals surface area contributed by atoms with Gasteiger partial charge in [0.2, 0.25) is 5.75 Å². The molecule has 0 aliphatic rings. The molecular weight excluding hydrogens is 250 g/mol. The maximum atomic E-state index is 13.1. The minimum atomic E-state index is -0.974. The number of nitrogens with zero attached hydrogens (tertiary/aromatic N) is 1. The number of halogens is 2. The van der Waals surface area contributed by atoms with Crippen molar-refractivity contribution in [3.63, 3.8) is 0 Å². The predicted octanol–water partition coefficient (Wildman–Crippen LogP) is 3.03. The lowest BCUT2D eigenvalue weighted by Crippen LogP contribution is -2.17. The van der Waals surface area contributed by atoms with Gasteiger partial charge in [0.25, 0.3) is 0 Å². The Morgan fingerprint density at radius 1 is 1.35 bits per heavy atom. The van der Waals surface area contributed by atoms with Crippen LogP contribution >= 0.6 is 11.3 Å². The number of carbonyl (C=O) groups is 1. The molecule has 0 aliphatic heterocycles. The first-order valence-corrected chi connectivity index (χ1v) is 5.36. The van der Waals surface area contributed by atoms with E-state index in [4.69, 9.17) is 0 Å². The first-order chi connectivity index (χ1) is 8.16. The third-order valence-corrected chi connectivity index (χ3v) is 2.46.